The monoisotopic (exact) mass is 830 g/mol. The zero-order valence-electron chi connectivity index (χ0n) is 29.2. The van der Waals surface area contributed by atoms with E-state index in [1.807, 2.05) is 0 Å². The molecule has 3 aliphatic rings. The van der Waals surface area contributed by atoms with Gasteiger partial charge in [0.2, 0.25) is 11.8 Å². The molecule has 0 aliphatic carbocycles. The standard InChI is InChI=1S/C28H50N2O24S/c1-8(36)29-10(3-31)22(16(39)11(38)4-32)51-27-20(43)24(18(41)13(6-34)49-27)53-26-15(30-9(2)37)23(17(40)12(5-33)48-26)52-28-21(44)25(54-55(45,46)47)19(42)14(7-35)50-28/h10-28,31-35,38-44H,3-7H2,1-2H3,(H,29,36)(H,30,37)(H,45,46,47)/t10-,11+,12+,13+,14+,15+,16-,17+,18-,19-,20+,21+,22+,23+,24-,25-,26-,27-,28-/m0/s1. The Morgan fingerprint density at radius 2 is 1.15 bits per heavy atom. The van der Waals surface area contributed by atoms with Crippen molar-refractivity contribution >= 4 is 22.2 Å². The zero-order valence-corrected chi connectivity index (χ0v) is 30.0. The lowest BCUT2D eigenvalue weighted by Gasteiger charge is -2.50. The highest BCUT2D eigenvalue weighted by Crippen LogP contribution is 2.34. The Kier molecular flexibility index (Phi) is 17.8. The third-order valence-corrected chi connectivity index (χ3v) is 9.34. The fourth-order valence-electron chi connectivity index (χ4n) is 6.18. The van der Waals surface area contributed by atoms with Crippen LogP contribution in [0, 0.1) is 0 Å². The molecule has 0 aromatic heterocycles. The summed E-state index contributed by atoms with van der Waals surface area (Å²) in [6.45, 7) is -3.02. The van der Waals surface area contributed by atoms with E-state index in [0.717, 1.165) is 13.8 Å². The summed E-state index contributed by atoms with van der Waals surface area (Å²) in [5.41, 5.74) is 0. The summed E-state index contributed by atoms with van der Waals surface area (Å²) in [5, 5.41) is 129. The van der Waals surface area contributed by atoms with E-state index in [-0.39, 0.29) is 0 Å². The van der Waals surface area contributed by atoms with Crippen molar-refractivity contribution in [3.05, 3.63) is 0 Å². The van der Waals surface area contributed by atoms with Crippen molar-refractivity contribution < 1.29 is 116 Å². The number of hydrogen-bond acceptors (Lipinski definition) is 23. The van der Waals surface area contributed by atoms with Crippen LogP contribution in [0.3, 0.4) is 0 Å². The average Bonchev–Trinajstić information content (AvgIpc) is 3.12. The molecular formula is C28H50N2O24S. The Labute approximate surface area is 312 Å². The van der Waals surface area contributed by atoms with Crippen LogP contribution in [0.15, 0.2) is 0 Å². The number of aliphatic hydroxyl groups is 12. The Morgan fingerprint density at radius 1 is 0.673 bits per heavy atom. The molecule has 3 heterocycles. The third-order valence-electron chi connectivity index (χ3n) is 8.87. The van der Waals surface area contributed by atoms with E-state index in [2.05, 4.69) is 14.8 Å². The van der Waals surface area contributed by atoms with Gasteiger partial charge in [-0.05, 0) is 0 Å². The number of hydrogen-bond donors (Lipinski definition) is 15. The highest BCUT2D eigenvalue weighted by molar-refractivity contribution is 7.80. The second-order valence-electron chi connectivity index (χ2n) is 12.9. The van der Waals surface area contributed by atoms with Crippen molar-refractivity contribution in [2.75, 3.05) is 33.0 Å². The lowest BCUT2D eigenvalue weighted by Crippen LogP contribution is -2.70. The van der Waals surface area contributed by atoms with E-state index in [1.165, 1.54) is 0 Å². The Hall–Kier alpha value is -1.91. The molecule has 3 aliphatic heterocycles. The summed E-state index contributed by atoms with van der Waals surface area (Å²) < 4.78 is 70.1. The van der Waals surface area contributed by atoms with Gasteiger partial charge in [0.25, 0.3) is 0 Å². The van der Waals surface area contributed by atoms with E-state index < -0.39 is 172 Å². The van der Waals surface area contributed by atoms with Gasteiger partial charge in [0.15, 0.2) is 18.9 Å². The van der Waals surface area contributed by atoms with Gasteiger partial charge in [-0.2, -0.15) is 8.42 Å². The van der Waals surface area contributed by atoms with E-state index in [0.29, 0.717) is 0 Å². The predicted molar refractivity (Wildman–Crippen MR) is 170 cm³/mol. The van der Waals surface area contributed by atoms with Gasteiger partial charge in [0.05, 0.1) is 39.1 Å². The van der Waals surface area contributed by atoms with Gasteiger partial charge in [-0.1, -0.05) is 0 Å². The molecule has 0 aromatic carbocycles. The van der Waals surface area contributed by atoms with Crippen LogP contribution >= 0.6 is 0 Å². The van der Waals surface area contributed by atoms with Gasteiger partial charge in [0, 0.05) is 13.8 Å². The van der Waals surface area contributed by atoms with Crippen LogP contribution in [0.4, 0.5) is 0 Å². The molecule has 55 heavy (non-hydrogen) atoms. The number of nitrogens with one attached hydrogen (secondary N) is 2. The second-order valence-corrected chi connectivity index (χ2v) is 13.9. The Morgan fingerprint density at radius 3 is 1.62 bits per heavy atom. The summed E-state index contributed by atoms with van der Waals surface area (Å²) >= 11 is 0. The molecule has 0 radical (unpaired) electrons. The number of amides is 2. The van der Waals surface area contributed by atoms with E-state index in [1.54, 1.807) is 0 Å². The minimum atomic E-state index is -5.35. The highest BCUT2D eigenvalue weighted by Gasteiger charge is 2.55. The van der Waals surface area contributed by atoms with Crippen LogP contribution in [-0.4, -0.2) is 236 Å². The van der Waals surface area contributed by atoms with Gasteiger partial charge >= 0.3 is 10.4 Å². The molecule has 26 nitrogen and oxygen atoms in total. The Balaban J connectivity index is 2.00. The quantitative estimate of drug-likeness (QED) is 0.0570. The molecule has 27 heteroatoms. The molecule has 0 unspecified atom stereocenters. The van der Waals surface area contributed by atoms with Crippen molar-refractivity contribution in [1.29, 1.82) is 0 Å². The van der Waals surface area contributed by atoms with Crippen molar-refractivity contribution in [2.24, 2.45) is 0 Å². The Bertz CT molecular complexity index is 1330. The van der Waals surface area contributed by atoms with Gasteiger partial charge < -0.3 is 100 Å². The maximum Gasteiger partial charge on any atom is 0.397 e. The van der Waals surface area contributed by atoms with Gasteiger partial charge in [-0.3, -0.25) is 14.1 Å². The van der Waals surface area contributed by atoms with Gasteiger partial charge in [0.1, 0.15) is 91.5 Å². The summed E-state index contributed by atoms with van der Waals surface area (Å²) in [6, 6.07) is -3.31. The molecule has 0 saturated carbocycles. The summed E-state index contributed by atoms with van der Waals surface area (Å²) in [4.78, 5) is 24.2. The SMILES string of the molecule is CC(=O)N[C@H]1[C@H](O[C@H]2[C@@H](O)[C@@H](CO)O[C@@H](O[C@@H]([C@@H](O)[C@H](O)CO)[C@H](CO)NC(C)=O)[C@@H]2O)O[C@H](CO)[C@@H](O)[C@@H]1O[C@@H]1O[C@H](CO)[C@H](O)[C@H](OS(=O)(=O)O)[C@H]1O. The number of aliphatic hydroxyl groups excluding tert-OH is 12. The molecule has 2 amide bonds. The van der Waals surface area contributed by atoms with Crippen molar-refractivity contribution in [3.8, 4) is 0 Å². The summed E-state index contributed by atoms with van der Waals surface area (Å²) in [6.07, 6.45) is -33.9. The lowest BCUT2D eigenvalue weighted by atomic mass is 9.94. The van der Waals surface area contributed by atoms with Crippen molar-refractivity contribution in [2.45, 2.75) is 130 Å². The molecule has 0 spiro atoms. The molecule has 19 atom stereocenters. The molecule has 3 rings (SSSR count). The first kappa shape index (κ1) is 47.5. The predicted octanol–water partition coefficient (Wildman–Crippen LogP) is -10.00. The largest absolute Gasteiger partial charge is 0.397 e. The van der Waals surface area contributed by atoms with E-state index in [9.17, 15) is 83.8 Å². The van der Waals surface area contributed by atoms with Crippen LogP contribution in [0.5, 0.6) is 0 Å². The van der Waals surface area contributed by atoms with Crippen molar-refractivity contribution in [3.63, 3.8) is 0 Å². The third kappa shape index (κ3) is 11.8. The molecule has 15 N–H and O–H groups in total. The number of rotatable bonds is 18. The minimum absolute atomic E-state index is 0.750. The fraction of sp³-hybridized carbons (Fsp3) is 0.929. The average molecular weight is 831 g/mol. The summed E-state index contributed by atoms with van der Waals surface area (Å²) in [7, 11) is -5.35. The maximum atomic E-state index is 12.4. The molecule has 322 valence electrons. The highest BCUT2D eigenvalue weighted by atomic mass is 32.3. The fourth-order valence-corrected chi connectivity index (χ4v) is 6.69. The van der Waals surface area contributed by atoms with Crippen LogP contribution < -0.4 is 10.6 Å². The first-order chi connectivity index (χ1) is 25.7. The number of carbonyl (C=O) groups excluding carboxylic acids is 2. The van der Waals surface area contributed by atoms with Crippen LogP contribution in [0.2, 0.25) is 0 Å². The van der Waals surface area contributed by atoms with E-state index in [4.69, 9.17) is 28.4 Å². The maximum absolute atomic E-state index is 12.4. The van der Waals surface area contributed by atoms with Crippen molar-refractivity contribution in [1.82, 2.24) is 10.6 Å². The number of ether oxygens (including phenoxy) is 6. The zero-order chi connectivity index (χ0) is 41.5. The number of carbonyl (C=O) groups is 2. The molecule has 0 bridgehead atoms. The normalized spacial score (nSPS) is 39.4. The minimum Gasteiger partial charge on any atom is -0.394 e. The van der Waals surface area contributed by atoms with Crippen LogP contribution in [-0.2, 0) is 52.6 Å². The first-order valence-corrected chi connectivity index (χ1v) is 18.0. The van der Waals surface area contributed by atoms with Crippen LogP contribution in [0.25, 0.3) is 0 Å². The smallest absolute Gasteiger partial charge is 0.394 e. The van der Waals surface area contributed by atoms with Gasteiger partial charge in [-0.15, -0.1) is 0 Å². The van der Waals surface area contributed by atoms with Crippen LogP contribution in [0.1, 0.15) is 13.8 Å². The topological polar surface area (TPSA) is 420 Å². The molecule has 0 aromatic rings. The first-order valence-electron chi connectivity index (χ1n) is 16.7. The molecular weight excluding hydrogens is 780 g/mol. The summed E-state index contributed by atoms with van der Waals surface area (Å²) in [5.74, 6) is -1.62. The van der Waals surface area contributed by atoms with Gasteiger partial charge in [-0.25, -0.2) is 4.18 Å². The lowest BCUT2D eigenvalue weighted by molar-refractivity contribution is -0.370. The molecule has 3 saturated heterocycles. The molecule has 3 fully saturated rings. The second kappa shape index (κ2) is 20.7. The van der Waals surface area contributed by atoms with E-state index >= 15 is 0 Å².